The summed E-state index contributed by atoms with van der Waals surface area (Å²) in [6, 6.07) is 22.5. The van der Waals surface area contributed by atoms with Crippen molar-refractivity contribution in [3.8, 4) is 5.75 Å². The van der Waals surface area contributed by atoms with Crippen molar-refractivity contribution in [1.82, 2.24) is 10.9 Å². The van der Waals surface area contributed by atoms with E-state index in [1.165, 1.54) is 0 Å². The Balaban J connectivity index is 1.44. The highest BCUT2D eigenvalue weighted by Gasteiger charge is 2.14. The summed E-state index contributed by atoms with van der Waals surface area (Å²) in [5, 5.41) is 2.81. The Morgan fingerprint density at radius 3 is 2.29 bits per heavy atom. The highest BCUT2D eigenvalue weighted by molar-refractivity contribution is 5.98. The summed E-state index contributed by atoms with van der Waals surface area (Å²) in [6.07, 6.45) is 0.637. The van der Waals surface area contributed by atoms with Gasteiger partial charge in [-0.25, -0.2) is 0 Å². The number of para-hydroxylation sites is 1. The van der Waals surface area contributed by atoms with Gasteiger partial charge in [-0.15, -0.1) is 0 Å². The minimum absolute atomic E-state index is 0.00568. The number of amides is 3. The first kappa shape index (κ1) is 24.5. The summed E-state index contributed by atoms with van der Waals surface area (Å²) < 4.78 is 5.80. The lowest BCUT2D eigenvalue weighted by molar-refractivity contribution is -0.124. The fourth-order valence-corrected chi connectivity index (χ4v) is 3.27. The number of hydrogen-bond acceptors (Lipinski definition) is 4. The van der Waals surface area contributed by atoms with Gasteiger partial charge in [-0.1, -0.05) is 54.6 Å². The van der Waals surface area contributed by atoms with E-state index in [1.807, 2.05) is 62.4 Å². The first-order chi connectivity index (χ1) is 16.4. The van der Waals surface area contributed by atoms with Crippen LogP contribution in [0.25, 0.3) is 0 Å². The second kappa shape index (κ2) is 12.2. The molecule has 0 fully saturated rings. The second-order valence-electron chi connectivity index (χ2n) is 7.95. The molecule has 0 saturated heterocycles. The van der Waals surface area contributed by atoms with E-state index in [0.717, 1.165) is 22.4 Å². The number of carbonyl (C=O) groups excluding carboxylic acids is 3. The van der Waals surface area contributed by atoms with Crippen LogP contribution in [0.15, 0.2) is 72.8 Å². The largest absolute Gasteiger partial charge is 0.492 e. The molecule has 0 spiro atoms. The van der Waals surface area contributed by atoms with Gasteiger partial charge in [0, 0.05) is 24.9 Å². The Hall–Kier alpha value is -4.13. The maximum atomic E-state index is 12.6. The van der Waals surface area contributed by atoms with Crippen LogP contribution in [0.2, 0.25) is 0 Å². The van der Waals surface area contributed by atoms with Gasteiger partial charge < -0.3 is 10.1 Å². The monoisotopic (exact) mass is 459 g/mol. The number of hydrazine groups is 1. The molecule has 0 aliphatic rings. The van der Waals surface area contributed by atoms with Crippen LogP contribution in [0.4, 0.5) is 5.69 Å². The van der Waals surface area contributed by atoms with Crippen molar-refractivity contribution in [3.05, 3.63) is 95.1 Å². The average molecular weight is 460 g/mol. The van der Waals surface area contributed by atoms with Gasteiger partial charge in [-0.3, -0.25) is 25.2 Å². The zero-order chi connectivity index (χ0) is 24.3. The normalized spacial score (nSPS) is 10.3. The molecule has 0 heterocycles. The minimum atomic E-state index is -0.497. The lowest BCUT2D eigenvalue weighted by Gasteiger charge is -2.12. The zero-order valence-corrected chi connectivity index (χ0v) is 19.4. The Morgan fingerprint density at radius 1 is 0.794 bits per heavy atom. The third kappa shape index (κ3) is 7.48. The van der Waals surface area contributed by atoms with Crippen LogP contribution in [0.3, 0.4) is 0 Å². The van der Waals surface area contributed by atoms with Crippen LogP contribution < -0.4 is 20.9 Å². The molecular formula is C27H29N3O4. The molecule has 0 saturated carbocycles. The summed E-state index contributed by atoms with van der Waals surface area (Å²) in [4.78, 5) is 36.9. The second-order valence-corrected chi connectivity index (χ2v) is 7.95. The third-order valence-electron chi connectivity index (χ3n) is 5.18. The molecule has 0 aliphatic carbocycles. The molecule has 0 radical (unpaired) electrons. The number of nitrogens with one attached hydrogen (secondary N) is 3. The van der Waals surface area contributed by atoms with E-state index in [-0.39, 0.29) is 18.7 Å². The predicted molar refractivity (Wildman–Crippen MR) is 131 cm³/mol. The molecule has 7 nitrogen and oxygen atoms in total. The molecule has 3 rings (SSSR count). The van der Waals surface area contributed by atoms with E-state index in [0.29, 0.717) is 24.3 Å². The highest BCUT2D eigenvalue weighted by Crippen LogP contribution is 2.18. The maximum Gasteiger partial charge on any atom is 0.273 e. The molecule has 3 N–H and O–H groups in total. The molecule has 3 aromatic rings. The van der Waals surface area contributed by atoms with E-state index >= 15 is 0 Å². The number of aryl methyl sites for hydroxylation is 2. The molecule has 34 heavy (non-hydrogen) atoms. The SMILES string of the molecule is Cc1ccc(C)c(NC(=O)CCC(=O)NNC(=O)c2ccccc2OCCc2ccccc2)c1. The van der Waals surface area contributed by atoms with Gasteiger partial charge in [-0.2, -0.15) is 0 Å². The summed E-state index contributed by atoms with van der Waals surface area (Å²) >= 11 is 0. The van der Waals surface area contributed by atoms with Crippen molar-refractivity contribution in [2.75, 3.05) is 11.9 Å². The molecular weight excluding hydrogens is 430 g/mol. The Bertz CT molecular complexity index is 1150. The van der Waals surface area contributed by atoms with E-state index < -0.39 is 11.8 Å². The smallest absolute Gasteiger partial charge is 0.273 e. The van der Waals surface area contributed by atoms with Gasteiger partial charge >= 0.3 is 0 Å². The van der Waals surface area contributed by atoms with Crippen LogP contribution in [0.5, 0.6) is 5.75 Å². The van der Waals surface area contributed by atoms with Crippen molar-refractivity contribution < 1.29 is 19.1 Å². The predicted octanol–water partition coefficient (Wildman–Crippen LogP) is 4.10. The number of hydrogen-bond donors (Lipinski definition) is 3. The topological polar surface area (TPSA) is 96.5 Å². The third-order valence-corrected chi connectivity index (χ3v) is 5.18. The molecule has 176 valence electrons. The molecule has 3 amide bonds. The molecule has 3 aromatic carbocycles. The highest BCUT2D eigenvalue weighted by atomic mass is 16.5. The van der Waals surface area contributed by atoms with Crippen LogP contribution in [0, 0.1) is 13.8 Å². The number of rotatable bonds is 9. The van der Waals surface area contributed by atoms with Gasteiger partial charge in [0.2, 0.25) is 11.8 Å². The molecule has 0 atom stereocenters. The van der Waals surface area contributed by atoms with E-state index in [9.17, 15) is 14.4 Å². The Kier molecular flexibility index (Phi) is 8.80. The maximum absolute atomic E-state index is 12.6. The number of anilines is 1. The van der Waals surface area contributed by atoms with Gasteiger partial charge in [0.05, 0.1) is 12.2 Å². The van der Waals surface area contributed by atoms with Gasteiger partial charge in [0.25, 0.3) is 5.91 Å². The van der Waals surface area contributed by atoms with E-state index in [4.69, 9.17) is 4.74 Å². The van der Waals surface area contributed by atoms with Crippen LogP contribution >= 0.6 is 0 Å². The van der Waals surface area contributed by atoms with Crippen LogP contribution in [0.1, 0.15) is 39.9 Å². The van der Waals surface area contributed by atoms with Gasteiger partial charge in [0.1, 0.15) is 5.75 Å². The van der Waals surface area contributed by atoms with Crippen LogP contribution in [-0.2, 0) is 16.0 Å². The quantitative estimate of drug-likeness (QED) is 0.420. The van der Waals surface area contributed by atoms with Crippen molar-refractivity contribution >= 4 is 23.4 Å². The number of carbonyl (C=O) groups is 3. The molecule has 7 heteroatoms. The molecule has 0 unspecified atom stereocenters. The van der Waals surface area contributed by atoms with E-state index in [2.05, 4.69) is 16.2 Å². The van der Waals surface area contributed by atoms with Gasteiger partial charge in [0.15, 0.2) is 0 Å². The number of ether oxygens (including phenoxy) is 1. The van der Waals surface area contributed by atoms with Gasteiger partial charge in [-0.05, 0) is 48.7 Å². The lowest BCUT2D eigenvalue weighted by Crippen LogP contribution is -2.42. The molecule has 0 aromatic heterocycles. The Morgan fingerprint density at radius 2 is 1.50 bits per heavy atom. The standard InChI is InChI=1S/C27H29N3O4/c1-19-12-13-20(2)23(18-19)28-25(31)14-15-26(32)29-30-27(33)22-10-6-7-11-24(22)34-17-16-21-8-4-3-5-9-21/h3-13,18H,14-17H2,1-2H3,(H,28,31)(H,29,32)(H,30,33). The van der Waals surface area contributed by atoms with Crippen molar-refractivity contribution in [2.45, 2.75) is 33.1 Å². The Labute approximate surface area is 199 Å². The fourth-order valence-electron chi connectivity index (χ4n) is 3.27. The van der Waals surface area contributed by atoms with Crippen molar-refractivity contribution in [1.29, 1.82) is 0 Å². The summed E-state index contributed by atoms with van der Waals surface area (Å²) in [5.41, 5.74) is 8.89. The first-order valence-electron chi connectivity index (χ1n) is 11.1. The molecule has 0 bridgehead atoms. The summed E-state index contributed by atoms with van der Waals surface area (Å²) in [5.74, 6) is -0.805. The average Bonchev–Trinajstić information content (AvgIpc) is 2.84. The fraction of sp³-hybridized carbons (Fsp3) is 0.222. The summed E-state index contributed by atoms with van der Waals surface area (Å²) in [7, 11) is 0. The minimum Gasteiger partial charge on any atom is -0.492 e. The summed E-state index contributed by atoms with van der Waals surface area (Å²) in [6.45, 7) is 4.26. The van der Waals surface area contributed by atoms with Crippen molar-refractivity contribution in [3.63, 3.8) is 0 Å². The van der Waals surface area contributed by atoms with Crippen LogP contribution in [-0.4, -0.2) is 24.3 Å². The lowest BCUT2D eigenvalue weighted by atomic mass is 10.1. The number of benzene rings is 3. The first-order valence-corrected chi connectivity index (χ1v) is 11.1. The zero-order valence-electron chi connectivity index (χ0n) is 19.4. The molecule has 0 aliphatic heterocycles. The van der Waals surface area contributed by atoms with E-state index in [1.54, 1.807) is 24.3 Å². The van der Waals surface area contributed by atoms with Crippen molar-refractivity contribution in [2.24, 2.45) is 0 Å².